The Labute approximate surface area is 202 Å². The molecular weight excluding hydrogens is 458 g/mol. The van der Waals surface area contributed by atoms with Gasteiger partial charge in [0.05, 0.1) is 17.2 Å². The first-order valence-corrected chi connectivity index (χ1v) is 11.6. The van der Waals surface area contributed by atoms with Gasteiger partial charge in [0.2, 0.25) is 0 Å². The van der Waals surface area contributed by atoms with Gasteiger partial charge in [-0.2, -0.15) is 0 Å². The molecule has 1 heterocycles. The summed E-state index contributed by atoms with van der Waals surface area (Å²) in [7, 11) is 0. The molecule has 1 aliphatic rings. The van der Waals surface area contributed by atoms with Crippen LogP contribution in [-0.4, -0.2) is 17.8 Å². The van der Waals surface area contributed by atoms with Crippen LogP contribution in [0.1, 0.15) is 23.6 Å². The van der Waals surface area contributed by atoms with Gasteiger partial charge in [0.25, 0.3) is 11.1 Å². The summed E-state index contributed by atoms with van der Waals surface area (Å²) in [5.41, 5.74) is 3.46. The van der Waals surface area contributed by atoms with Crippen LogP contribution in [0.3, 0.4) is 0 Å². The van der Waals surface area contributed by atoms with Crippen molar-refractivity contribution in [2.45, 2.75) is 20.5 Å². The Balaban J connectivity index is 1.55. The first-order chi connectivity index (χ1) is 15.9. The number of hydrogen-bond acceptors (Lipinski definition) is 5. The summed E-state index contributed by atoms with van der Waals surface area (Å²) < 4.78 is 11.8. The van der Waals surface area contributed by atoms with Crippen molar-refractivity contribution >= 4 is 46.3 Å². The Morgan fingerprint density at radius 1 is 0.970 bits per heavy atom. The fourth-order valence-corrected chi connectivity index (χ4v) is 4.36. The summed E-state index contributed by atoms with van der Waals surface area (Å²) in [6.45, 7) is 4.82. The van der Waals surface area contributed by atoms with Gasteiger partial charge in [-0.25, -0.2) is 4.90 Å². The molecule has 1 aliphatic heterocycles. The number of benzene rings is 3. The second-order valence-electron chi connectivity index (χ2n) is 7.41. The molecule has 0 saturated carbocycles. The van der Waals surface area contributed by atoms with E-state index in [4.69, 9.17) is 21.1 Å². The molecule has 0 aromatic heterocycles. The van der Waals surface area contributed by atoms with Gasteiger partial charge < -0.3 is 9.47 Å². The smallest absolute Gasteiger partial charge is 0.298 e. The third-order valence-electron chi connectivity index (χ3n) is 4.92. The fourth-order valence-electron chi connectivity index (χ4n) is 3.40. The molecule has 168 valence electrons. The highest BCUT2D eigenvalue weighted by atomic mass is 35.5. The van der Waals surface area contributed by atoms with Crippen molar-refractivity contribution in [2.24, 2.45) is 0 Å². The maximum Gasteiger partial charge on any atom is 0.298 e. The highest BCUT2D eigenvalue weighted by molar-refractivity contribution is 8.19. The van der Waals surface area contributed by atoms with Crippen LogP contribution in [0, 0.1) is 6.92 Å². The molecule has 1 saturated heterocycles. The lowest BCUT2D eigenvalue weighted by molar-refractivity contribution is -0.113. The van der Waals surface area contributed by atoms with E-state index in [9.17, 15) is 9.59 Å². The Hall–Kier alpha value is -3.22. The predicted molar refractivity (Wildman–Crippen MR) is 133 cm³/mol. The number of imide groups is 1. The van der Waals surface area contributed by atoms with Crippen molar-refractivity contribution < 1.29 is 19.1 Å². The Kier molecular flexibility index (Phi) is 7.06. The van der Waals surface area contributed by atoms with Crippen LogP contribution in [0.4, 0.5) is 10.5 Å². The zero-order chi connectivity index (χ0) is 23.4. The standard InChI is InChI=1S/C26H22ClNO4S/c1-3-31-23-14-18(7-12-22(23)32-16-19-6-4-5-17(2)13-19)15-24-25(29)28(26(30)33-24)21-10-8-20(27)9-11-21/h4-15H,3,16H2,1-2H3/b24-15+. The van der Waals surface area contributed by atoms with Crippen LogP contribution in [-0.2, 0) is 11.4 Å². The van der Waals surface area contributed by atoms with Gasteiger partial charge in [0.15, 0.2) is 11.5 Å². The van der Waals surface area contributed by atoms with Crippen LogP contribution in [0.15, 0.2) is 71.6 Å². The zero-order valence-corrected chi connectivity index (χ0v) is 19.8. The summed E-state index contributed by atoms with van der Waals surface area (Å²) in [5, 5.41) is 0.186. The molecule has 0 radical (unpaired) electrons. The summed E-state index contributed by atoms with van der Waals surface area (Å²) in [6, 6.07) is 20.2. The number of hydrogen-bond donors (Lipinski definition) is 0. The number of amides is 2. The van der Waals surface area contributed by atoms with E-state index in [1.54, 1.807) is 30.3 Å². The average molecular weight is 480 g/mol. The van der Waals surface area contributed by atoms with Gasteiger partial charge in [-0.3, -0.25) is 9.59 Å². The predicted octanol–water partition coefficient (Wildman–Crippen LogP) is 6.87. The first kappa shape index (κ1) is 23.0. The number of rotatable bonds is 7. The highest BCUT2D eigenvalue weighted by Crippen LogP contribution is 2.37. The lowest BCUT2D eigenvalue weighted by Gasteiger charge is -2.13. The van der Waals surface area contributed by atoms with Crippen LogP contribution in [0.5, 0.6) is 11.5 Å². The molecule has 0 aliphatic carbocycles. The van der Waals surface area contributed by atoms with E-state index in [0.717, 1.165) is 27.8 Å². The van der Waals surface area contributed by atoms with Crippen molar-refractivity contribution in [1.82, 2.24) is 0 Å². The Morgan fingerprint density at radius 2 is 1.76 bits per heavy atom. The molecule has 0 unspecified atom stereocenters. The first-order valence-electron chi connectivity index (χ1n) is 10.4. The molecule has 2 amide bonds. The van der Waals surface area contributed by atoms with Crippen LogP contribution >= 0.6 is 23.4 Å². The minimum absolute atomic E-state index is 0.339. The largest absolute Gasteiger partial charge is 0.490 e. The van der Waals surface area contributed by atoms with E-state index in [0.29, 0.717) is 40.3 Å². The van der Waals surface area contributed by atoms with E-state index in [1.807, 2.05) is 50.2 Å². The molecule has 4 rings (SSSR count). The van der Waals surface area contributed by atoms with Crippen molar-refractivity contribution in [1.29, 1.82) is 0 Å². The SMILES string of the molecule is CCOc1cc(/C=C2/SC(=O)N(c3ccc(Cl)cc3)C2=O)ccc1OCc1cccc(C)c1. The molecule has 0 atom stereocenters. The number of anilines is 1. The quantitative estimate of drug-likeness (QED) is 0.346. The van der Waals surface area contributed by atoms with Gasteiger partial charge in [-0.15, -0.1) is 0 Å². The number of carbonyl (C=O) groups is 2. The third-order valence-corrected chi connectivity index (χ3v) is 6.04. The molecule has 5 nitrogen and oxygen atoms in total. The van der Waals surface area contributed by atoms with Crippen LogP contribution < -0.4 is 14.4 Å². The molecule has 0 bridgehead atoms. The molecular formula is C26H22ClNO4S. The lowest BCUT2D eigenvalue weighted by Crippen LogP contribution is -2.27. The highest BCUT2D eigenvalue weighted by Gasteiger charge is 2.36. The number of nitrogens with zero attached hydrogens (tertiary/aromatic N) is 1. The topological polar surface area (TPSA) is 55.8 Å². The summed E-state index contributed by atoms with van der Waals surface area (Å²) >= 11 is 6.82. The number of ether oxygens (including phenoxy) is 2. The van der Waals surface area contributed by atoms with E-state index in [2.05, 4.69) is 6.07 Å². The summed E-state index contributed by atoms with van der Waals surface area (Å²) in [5.74, 6) is 0.825. The molecule has 33 heavy (non-hydrogen) atoms. The number of aryl methyl sites for hydroxylation is 1. The second kappa shape index (κ2) is 10.1. The molecule has 3 aromatic rings. The van der Waals surface area contributed by atoms with Gasteiger partial charge in [0.1, 0.15) is 6.61 Å². The maximum absolute atomic E-state index is 12.9. The monoisotopic (exact) mass is 479 g/mol. The van der Waals surface area contributed by atoms with Gasteiger partial charge in [-0.1, -0.05) is 47.5 Å². The Morgan fingerprint density at radius 3 is 2.48 bits per heavy atom. The molecule has 0 spiro atoms. The summed E-state index contributed by atoms with van der Waals surface area (Å²) in [4.78, 5) is 26.9. The van der Waals surface area contributed by atoms with Crippen molar-refractivity contribution in [3.63, 3.8) is 0 Å². The average Bonchev–Trinajstić information content (AvgIpc) is 3.07. The van der Waals surface area contributed by atoms with E-state index in [1.165, 1.54) is 5.56 Å². The van der Waals surface area contributed by atoms with Crippen LogP contribution in [0.2, 0.25) is 5.02 Å². The number of halogens is 1. The molecule has 0 N–H and O–H groups in total. The Bertz CT molecular complexity index is 1220. The molecule has 3 aromatic carbocycles. The minimum Gasteiger partial charge on any atom is -0.490 e. The lowest BCUT2D eigenvalue weighted by atomic mass is 10.1. The van der Waals surface area contributed by atoms with Crippen molar-refractivity contribution in [3.8, 4) is 11.5 Å². The van der Waals surface area contributed by atoms with E-state index >= 15 is 0 Å². The zero-order valence-electron chi connectivity index (χ0n) is 18.2. The number of thioether (sulfide) groups is 1. The normalized spacial score (nSPS) is 14.8. The molecule has 7 heteroatoms. The fraction of sp³-hybridized carbons (Fsp3) is 0.154. The van der Waals surface area contributed by atoms with Crippen LogP contribution in [0.25, 0.3) is 6.08 Å². The van der Waals surface area contributed by atoms with Gasteiger partial charge in [-0.05, 0) is 79.2 Å². The van der Waals surface area contributed by atoms with E-state index in [-0.39, 0.29) is 11.1 Å². The van der Waals surface area contributed by atoms with Gasteiger partial charge in [0, 0.05) is 5.02 Å². The summed E-state index contributed by atoms with van der Waals surface area (Å²) in [6.07, 6.45) is 1.69. The maximum atomic E-state index is 12.9. The molecule has 1 fully saturated rings. The number of carbonyl (C=O) groups excluding carboxylic acids is 2. The third kappa shape index (κ3) is 5.41. The van der Waals surface area contributed by atoms with Crippen molar-refractivity contribution in [3.05, 3.63) is 93.3 Å². The van der Waals surface area contributed by atoms with E-state index < -0.39 is 0 Å². The minimum atomic E-state index is -0.370. The van der Waals surface area contributed by atoms with Crippen molar-refractivity contribution in [2.75, 3.05) is 11.5 Å². The van der Waals surface area contributed by atoms with Gasteiger partial charge >= 0.3 is 0 Å². The second-order valence-corrected chi connectivity index (χ2v) is 8.84.